The molecule has 0 saturated heterocycles. The first kappa shape index (κ1) is 21.8. The molecule has 4 nitrogen and oxygen atoms in total. The zero-order valence-corrected chi connectivity index (χ0v) is 19.8. The molecule has 31 heavy (non-hydrogen) atoms. The van der Waals surface area contributed by atoms with Crippen LogP contribution in [0.4, 0.5) is 0 Å². The number of benzene rings is 2. The van der Waals surface area contributed by atoms with Gasteiger partial charge in [0, 0.05) is 38.3 Å². The number of methoxy groups -OCH3 is 1. The minimum atomic E-state index is 0.380. The molecule has 1 aromatic heterocycles. The molecule has 1 atom stereocenters. The highest BCUT2D eigenvalue weighted by atomic mass is 16.5. The lowest BCUT2D eigenvalue weighted by Crippen LogP contribution is -2.43. The Morgan fingerprint density at radius 1 is 1.03 bits per heavy atom. The normalized spacial score (nSPS) is 16.5. The van der Waals surface area contributed by atoms with E-state index in [4.69, 9.17) is 9.84 Å². The first-order valence-corrected chi connectivity index (χ1v) is 11.4. The molecule has 0 spiro atoms. The number of nitrogens with zero attached hydrogens (tertiary/aromatic N) is 3. The number of rotatable bonds is 6. The second-order valence-corrected chi connectivity index (χ2v) is 9.00. The molecule has 0 bridgehead atoms. The van der Waals surface area contributed by atoms with Gasteiger partial charge in [-0.25, -0.2) is 0 Å². The molecule has 1 aliphatic heterocycles. The van der Waals surface area contributed by atoms with Crippen LogP contribution in [0.2, 0.25) is 0 Å². The second kappa shape index (κ2) is 8.97. The van der Waals surface area contributed by atoms with E-state index in [1.807, 2.05) is 0 Å². The Balaban J connectivity index is 1.72. The van der Waals surface area contributed by atoms with Gasteiger partial charge in [0.2, 0.25) is 0 Å². The summed E-state index contributed by atoms with van der Waals surface area (Å²) in [4.78, 5) is 2.57. The van der Waals surface area contributed by atoms with Gasteiger partial charge in [0.05, 0.1) is 18.0 Å². The first-order chi connectivity index (χ1) is 14.9. The minimum absolute atomic E-state index is 0.380. The van der Waals surface area contributed by atoms with Crippen LogP contribution in [-0.4, -0.2) is 34.4 Å². The van der Waals surface area contributed by atoms with Crippen molar-refractivity contribution in [1.29, 1.82) is 0 Å². The van der Waals surface area contributed by atoms with E-state index in [1.165, 1.54) is 44.6 Å². The molecular weight excluding hydrogens is 382 g/mol. The van der Waals surface area contributed by atoms with Gasteiger partial charge < -0.3 is 4.74 Å². The first-order valence-electron chi connectivity index (χ1n) is 11.4. The zero-order chi connectivity index (χ0) is 22.1. The lowest BCUT2D eigenvalue weighted by Gasteiger charge is -2.36. The molecule has 2 heterocycles. The fourth-order valence-corrected chi connectivity index (χ4v) is 5.21. The highest BCUT2D eigenvalue weighted by molar-refractivity contribution is 5.71. The van der Waals surface area contributed by atoms with Crippen LogP contribution in [0.25, 0.3) is 11.3 Å². The van der Waals surface area contributed by atoms with Crippen LogP contribution in [0.3, 0.4) is 0 Å². The summed E-state index contributed by atoms with van der Waals surface area (Å²) < 4.78 is 7.81. The van der Waals surface area contributed by atoms with Crippen molar-refractivity contribution >= 4 is 0 Å². The van der Waals surface area contributed by atoms with Gasteiger partial charge in [-0.2, -0.15) is 5.10 Å². The molecule has 3 aromatic rings. The van der Waals surface area contributed by atoms with Crippen molar-refractivity contribution in [2.24, 2.45) is 0 Å². The van der Waals surface area contributed by atoms with E-state index >= 15 is 0 Å². The van der Waals surface area contributed by atoms with Crippen molar-refractivity contribution in [3.63, 3.8) is 0 Å². The molecule has 4 heteroatoms. The topological polar surface area (TPSA) is 30.3 Å². The van der Waals surface area contributed by atoms with E-state index < -0.39 is 0 Å². The van der Waals surface area contributed by atoms with Crippen LogP contribution >= 0.6 is 0 Å². The van der Waals surface area contributed by atoms with Gasteiger partial charge in [0.25, 0.3) is 0 Å². The van der Waals surface area contributed by atoms with Gasteiger partial charge in [0.1, 0.15) is 0 Å². The SMILES string of the molecule is CCn1nc(-c2c(C)cc(C)cc2C)c(C)c1CN1Cc2ccccc2CC1COC. The van der Waals surface area contributed by atoms with Gasteiger partial charge in [-0.3, -0.25) is 9.58 Å². The molecule has 1 unspecified atom stereocenters. The summed E-state index contributed by atoms with van der Waals surface area (Å²) in [5.74, 6) is 0. The number of fused-ring (bicyclic) bond motifs is 1. The molecule has 0 aliphatic carbocycles. The van der Waals surface area contributed by atoms with Crippen molar-refractivity contribution in [2.45, 2.75) is 66.7 Å². The third-order valence-electron chi connectivity index (χ3n) is 6.71. The van der Waals surface area contributed by atoms with Crippen LogP contribution in [0.15, 0.2) is 36.4 Å². The van der Waals surface area contributed by atoms with Crippen molar-refractivity contribution in [1.82, 2.24) is 14.7 Å². The quantitative estimate of drug-likeness (QED) is 0.540. The Bertz CT molecular complexity index is 1060. The molecular formula is C27H35N3O. The molecule has 0 amide bonds. The monoisotopic (exact) mass is 417 g/mol. The van der Waals surface area contributed by atoms with Crippen molar-refractivity contribution in [2.75, 3.05) is 13.7 Å². The van der Waals surface area contributed by atoms with Crippen molar-refractivity contribution < 1.29 is 4.74 Å². The van der Waals surface area contributed by atoms with E-state index in [-0.39, 0.29) is 0 Å². The number of hydrogen-bond donors (Lipinski definition) is 0. The number of aryl methyl sites for hydroxylation is 4. The number of hydrogen-bond acceptors (Lipinski definition) is 3. The van der Waals surface area contributed by atoms with Crippen molar-refractivity contribution in [3.05, 3.63) is 75.5 Å². The largest absolute Gasteiger partial charge is 0.383 e. The van der Waals surface area contributed by atoms with Gasteiger partial charge in [-0.15, -0.1) is 0 Å². The van der Waals surface area contributed by atoms with Gasteiger partial charge in [0.15, 0.2) is 0 Å². The summed E-state index contributed by atoms with van der Waals surface area (Å²) in [6.07, 6.45) is 1.03. The minimum Gasteiger partial charge on any atom is -0.383 e. The van der Waals surface area contributed by atoms with Crippen LogP contribution in [0, 0.1) is 27.7 Å². The van der Waals surface area contributed by atoms with Crippen LogP contribution in [0.5, 0.6) is 0 Å². The van der Waals surface area contributed by atoms with E-state index in [2.05, 4.69) is 80.6 Å². The lowest BCUT2D eigenvalue weighted by atomic mass is 9.93. The van der Waals surface area contributed by atoms with Crippen molar-refractivity contribution in [3.8, 4) is 11.3 Å². The maximum Gasteiger partial charge on any atom is 0.0961 e. The van der Waals surface area contributed by atoms with Gasteiger partial charge >= 0.3 is 0 Å². The standard InChI is InChI=1S/C27H35N3O/c1-7-30-25(21(5)27(28-30)26-19(3)12-18(2)13-20(26)4)16-29-15-23-11-9-8-10-22(23)14-24(29)17-31-6/h8-13,24H,7,14-17H2,1-6H3. The Morgan fingerprint density at radius 2 is 1.71 bits per heavy atom. The molecule has 0 N–H and O–H groups in total. The van der Waals surface area contributed by atoms with Crippen LogP contribution in [0.1, 0.15) is 46.0 Å². The average molecular weight is 418 g/mol. The average Bonchev–Trinajstić information content (AvgIpc) is 3.03. The summed E-state index contributed by atoms with van der Waals surface area (Å²) in [7, 11) is 1.81. The number of aromatic nitrogens is 2. The molecule has 0 fully saturated rings. The Labute approximate surface area is 186 Å². The van der Waals surface area contributed by atoms with Crippen LogP contribution in [-0.2, 0) is 30.8 Å². The third kappa shape index (κ3) is 4.19. The zero-order valence-electron chi connectivity index (χ0n) is 19.8. The predicted molar refractivity (Wildman–Crippen MR) is 127 cm³/mol. The second-order valence-electron chi connectivity index (χ2n) is 9.00. The van der Waals surface area contributed by atoms with E-state index in [0.717, 1.165) is 38.4 Å². The Kier molecular flexibility index (Phi) is 6.31. The summed E-state index contributed by atoms with van der Waals surface area (Å²) >= 11 is 0. The van der Waals surface area contributed by atoms with Gasteiger partial charge in [-0.05, 0) is 68.9 Å². The lowest BCUT2D eigenvalue weighted by molar-refractivity contribution is 0.0703. The summed E-state index contributed by atoms with van der Waals surface area (Å²) in [5.41, 5.74) is 11.8. The maximum atomic E-state index is 5.60. The predicted octanol–water partition coefficient (Wildman–Crippen LogP) is 5.38. The van der Waals surface area contributed by atoms with E-state index in [9.17, 15) is 0 Å². The highest BCUT2D eigenvalue weighted by Crippen LogP contribution is 2.33. The summed E-state index contributed by atoms with van der Waals surface area (Å²) in [6.45, 7) is 14.5. The Morgan fingerprint density at radius 3 is 2.35 bits per heavy atom. The Hall–Kier alpha value is -2.43. The summed E-state index contributed by atoms with van der Waals surface area (Å²) in [6, 6.07) is 13.7. The summed E-state index contributed by atoms with van der Waals surface area (Å²) in [5, 5.41) is 5.09. The molecule has 2 aromatic carbocycles. The smallest absolute Gasteiger partial charge is 0.0961 e. The fourth-order valence-electron chi connectivity index (χ4n) is 5.21. The molecule has 4 rings (SSSR count). The number of ether oxygens (including phenoxy) is 1. The van der Waals surface area contributed by atoms with E-state index in [1.54, 1.807) is 7.11 Å². The molecule has 0 radical (unpaired) electrons. The fraction of sp³-hybridized carbons (Fsp3) is 0.444. The molecule has 0 saturated carbocycles. The van der Waals surface area contributed by atoms with E-state index in [0.29, 0.717) is 6.04 Å². The maximum absolute atomic E-state index is 5.60. The highest BCUT2D eigenvalue weighted by Gasteiger charge is 2.28. The van der Waals surface area contributed by atoms with Gasteiger partial charge in [-0.1, -0.05) is 42.0 Å². The van der Waals surface area contributed by atoms with Crippen LogP contribution < -0.4 is 0 Å². The molecule has 1 aliphatic rings. The third-order valence-corrected chi connectivity index (χ3v) is 6.71. The molecule has 164 valence electrons.